The predicted molar refractivity (Wildman–Crippen MR) is 118 cm³/mol. The van der Waals surface area contributed by atoms with E-state index in [1.54, 1.807) is 30.5 Å². The molecule has 0 bridgehead atoms. The van der Waals surface area contributed by atoms with Crippen LogP contribution in [0.5, 0.6) is 0 Å². The van der Waals surface area contributed by atoms with Crippen LogP contribution in [0.15, 0.2) is 30.7 Å². The first-order valence-corrected chi connectivity index (χ1v) is 10.5. The van der Waals surface area contributed by atoms with E-state index in [0.29, 0.717) is 24.0 Å². The van der Waals surface area contributed by atoms with Gasteiger partial charge < -0.3 is 15.1 Å². The molecule has 0 aliphatic carbocycles. The van der Waals surface area contributed by atoms with Crippen molar-refractivity contribution in [2.75, 3.05) is 29.2 Å². The van der Waals surface area contributed by atoms with Crippen molar-refractivity contribution in [3.8, 4) is 0 Å². The van der Waals surface area contributed by atoms with Gasteiger partial charge in [0.2, 0.25) is 11.9 Å². The molecule has 1 aromatic carbocycles. The Morgan fingerprint density at radius 3 is 2.52 bits per heavy atom. The number of anilines is 3. The van der Waals surface area contributed by atoms with E-state index < -0.39 is 17.5 Å². The molecule has 0 saturated carbocycles. The molecule has 8 nitrogen and oxygen atoms in total. The van der Waals surface area contributed by atoms with Crippen LogP contribution in [0.25, 0.3) is 0 Å². The van der Waals surface area contributed by atoms with E-state index in [-0.39, 0.29) is 24.1 Å². The predicted octanol–water partition coefficient (Wildman–Crippen LogP) is 3.33. The Bertz CT molecular complexity index is 1160. The second kappa shape index (κ2) is 9.08. The van der Waals surface area contributed by atoms with Gasteiger partial charge in [-0.25, -0.2) is 18.2 Å². The molecule has 3 aromatic rings. The third kappa shape index (κ3) is 4.48. The smallest absolute Gasteiger partial charge is 0.249 e. The number of nitrogens with zero attached hydrogens (tertiary/aromatic N) is 6. The number of benzene rings is 1. The van der Waals surface area contributed by atoms with E-state index in [4.69, 9.17) is 0 Å². The topological polar surface area (TPSA) is 79.2 Å². The highest BCUT2D eigenvalue weighted by Gasteiger charge is 2.35. The van der Waals surface area contributed by atoms with E-state index >= 15 is 0 Å². The Kier molecular flexibility index (Phi) is 6.21. The quantitative estimate of drug-likeness (QED) is 0.546. The molecule has 0 unspecified atom stereocenters. The maximum absolute atomic E-state index is 13.4. The molecule has 0 saturated heterocycles. The van der Waals surface area contributed by atoms with Crippen molar-refractivity contribution in [1.82, 2.24) is 19.7 Å². The van der Waals surface area contributed by atoms with Gasteiger partial charge in [-0.15, -0.1) is 0 Å². The zero-order chi connectivity index (χ0) is 23.7. The van der Waals surface area contributed by atoms with Gasteiger partial charge in [0.15, 0.2) is 23.3 Å². The van der Waals surface area contributed by atoms with Crippen molar-refractivity contribution in [2.45, 2.75) is 38.9 Å². The van der Waals surface area contributed by atoms with Crippen molar-refractivity contribution < 1.29 is 18.0 Å². The Hall–Kier alpha value is -3.63. The molecule has 1 aliphatic heterocycles. The molecule has 0 radical (unpaired) electrons. The molecule has 33 heavy (non-hydrogen) atoms. The Labute approximate surface area is 189 Å². The standard InChI is InChI=1S/C22H24F3N7O/c1-4-5-17-21(33)31(3)18-10-27-22(29-20(18)30(17)2)26-8-14-9-28-32(12-14)11-13-6-15(23)19(25)16(24)7-13/h6-7,9-10,12,17H,4-5,8,11H2,1-3H3,(H,26,27,29)/t17-/m1/s1. The van der Waals surface area contributed by atoms with Crippen LogP contribution in [-0.4, -0.2) is 45.8 Å². The molecule has 1 aliphatic rings. The van der Waals surface area contributed by atoms with Gasteiger partial charge in [-0.05, 0) is 24.1 Å². The molecule has 1 amide bonds. The number of carbonyl (C=O) groups is 1. The molecule has 2 aromatic heterocycles. The fourth-order valence-corrected chi connectivity index (χ4v) is 3.85. The van der Waals surface area contributed by atoms with Gasteiger partial charge >= 0.3 is 0 Å². The van der Waals surface area contributed by atoms with Gasteiger partial charge in [0, 0.05) is 32.4 Å². The van der Waals surface area contributed by atoms with Crippen LogP contribution in [0.2, 0.25) is 0 Å². The minimum Gasteiger partial charge on any atom is -0.350 e. The van der Waals surface area contributed by atoms with Crippen molar-refractivity contribution in [2.24, 2.45) is 0 Å². The Balaban J connectivity index is 1.44. The second-order valence-corrected chi connectivity index (χ2v) is 7.99. The van der Waals surface area contributed by atoms with Gasteiger partial charge in [-0.1, -0.05) is 13.3 Å². The number of carbonyl (C=O) groups excluding carboxylic acids is 1. The zero-order valence-corrected chi connectivity index (χ0v) is 18.5. The third-order valence-electron chi connectivity index (χ3n) is 5.62. The molecule has 3 heterocycles. The molecular formula is C22H24F3N7O. The summed E-state index contributed by atoms with van der Waals surface area (Å²) in [5, 5.41) is 7.31. The summed E-state index contributed by atoms with van der Waals surface area (Å²) >= 11 is 0. The number of hydrogen-bond acceptors (Lipinski definition) is 6. The lowest BCUT2D eigenvalue weighted by molar-refractivity contribution is -0.120. The minimum atomic E-state index is -1.49. The lowest BCUT2D eigenvalue weighted by Crippen LogP contribution is -2.51. The summed E-state index contributed by atoms with van der Waals surface area (Å²) in [6.45, 7) is 2.49. The monoisotopic (exact) mass is 459 g/mol. The van der Waals surface area contributed by atoms with Crippen LogP contribution in [0.1, 0.15) is 30.9 Å². The van der Waals surface area contributed by atoms with Crippen LogP contribution < -0.4 is 15.1 Å². The summed E-state index contributed by atoms with van der Waals surface area (Å²) in [5.41, 5.74) is 1.70. The highest BCUT2D eigenvalue weighted by Crippen LogP contribution is 2.34. The van der Waals surface area contributed by atoms with Gasteiger partial charge in [-0.3, -0.25) is 9.48 Å². The number of hydrogen-bond donors (Lipinski definition) is 1. The van der Waals surface area contributed by atoms with Crippen LogP contribution in [0, 0.1) is 17.5 Å². The SMILES string of the molecule is CCC[C@@H]1C(=O)N(C)c2cnc(NCc3cnn(Cc4cc(F)c(F)c(F)c4)c3)nc2N1C. The average molecular weight is 459 g/mol. The van der Waals surface area contributed by atoms with E-state index in [2.05, 4.69) is 20.4 Å². The fourth-order valence-electron chi connectivity index (χ4n) is 3.85. The van der Waals surface area contributed by atoms with Crippen LogP contribution in [-0.2, 0) is 17.9 Å². The van der Waals surface area contributed by atoms with Gasteiger partial charge in [0.25, 0.3) is 0 Å². The second-order valence-electron chi connectivity index (χ2n) is 7.99. The molecule has 0 spiro atoms. The number of aromatic nitrogens is 4. The highest BCUT2D eigenvalue weighted by molar-refractivity contribution is 6.04. The minimum absolute atomic E-state index is 0.0180. The largest absolute Gasteiger partial charge is 0.350 e. The Morgan fingerprint density at radius 2 is 1.82 bits per heavy atom. The number of nitrogens with one attached hydrogen (secondary N) is 1. The van der Waals surface area contributed by atoms with E-state index in [9.17, 15) is 18.0 Å². The molecule has 11 heteroatoms. The molecule has 1 atom stereocenters. The van der Waals surface area contributed by atoms with Gasteiger partial charge in [0.05, 0.1) is 18.9 Å². The molecular weight excluding hydrogens is 435 g/mol. The summed E-state index contributed by atoms with van der Waals surface area (Å²) in [4.78, 5) is 25.0. The van der Waals surface area contributed by atoms with Crippen LogP contribution in [0.3, 0.4) is 0 Å². The number of likely N-dealkylation sites (N-methyl/N-ethyl adjacent to an activating group) is 2. The number of rotatable bonds is 7. The number of amides is 1. The van der Waals surface area contributed by atoms with Gasteiger partial charge in [0.1, 0.15) is 11.7 Å². The van der Waals surface area contributed by atoms with Crippen molar-refractivity contribution in [3.63, 3.8) is 0 Å². The van der Waals surface area contributed by atoms with Crippen molar-refractivity contribution in [1.29, 1.82) is 0 Å². The maximum atomic E-state index is 13.4. The first-order chi connectivity index (χ1) is 15.8. The summed E-state index contributed by atoms with van der Waals surface area (Å²) in [7, 11) is 3.58. The van der Waals surface area contributed by atoms with E-state index in [1.807, 2.05) is 18.9 Å². The van der Waals surface area contributed by atoms with Crippen LogP contribution in [0.4, 0.5) is 30.6 Å². The first-order valence-electron chi connectivity index (χ1n) is 10.5. The summed E-state index contributed by atoms with van der Waals surface area (Å²) < 4.78 is 41.5. The first kappa shape index (κ1) is 22.6. The van der Waals surface area contributed by atoms with Crippen LogP contribution >= 0.6 is 0 Å². The van der Waals surface area contributed by atoms with Crippen molar-refractivity contribution >= 4 is 23.4 Å². The van der Waals surface area contributed by atoms with E-state index in [1.165, 1.54) is 4.68 Å². The summed E-state index contributed by atoms with van der Waals surface area (Å²) in [5.74, 6) is -2.87. The molecule has 4 rings (SSSR count). The van der Waals surface area contributed by atoms with Crippen molar-refractivity contribution in [3.05, 3.63) is 59.3 Å². The molecule has 0 fully saturated rings. The number of fused-ring (bicyclic) bond motifs is 1. The lowest BCUT2D eigenvalue weighted by atomic mass is 10.1. The average Bonchev–Trinajstić information content (AvgIpc) is 3.24. The van der Waals surface area contributed by atoms with E-state index in [0.717, 1.165) is 30.5 Å². The summed E-state index contributed by atoms with van der Waals surface area (Å²) in [6.07, 6.45) is 6.54. The third-order valence-corrected chi connectivity index (χ3v) is 5.62. The molecule has 1 N–H and O–H groups in total. The lowest BCUT2D eigenvalue weighted by Gasteiger charge is -2.38. The summed E-state index contributed by atoms with van der Waals surface area (Å²) in [6, 6.07) is 1.63. The highest BCUT2D eigenvalue weighted by atomic mass is 19.2. The molecule has 174 valence electrons. The normalized spacial score (nSPS) is 15.7. The zero-order valence-electron chi connectivity index (χ0n) is 18.5. The number of halogens is 3. The Morgan fingerprint density at radius 1 is 1.09 bits per heavy atom. The maximum Gasteiger partial charge on any atom is 0.249 e. The fraction of sp³-hybridized carbons (Fsp3) is 0.364. The van der Waals surface area contributed by atoms with Gasteiger partial charge in [-0.2, -0.15) is 10.1 Å².